The molecule has 0 saturated heterocycles. The molecule has 0 N–H and O–H groups in total. The van der Waals surface area contributed by atoms with Gasteiger partial charge in [0.15, 0.2) is 17.3 Å². The molecule has 0 fully saturated rings. The lowest BCUT2D eigenvalue weighted by atomic mass is 9.97. The van der Waals surface area contributed by atoms with E-state index in [2.05, 4.69) is 0 Å². The minimum atomic E-state index is -1.28. The lowest BCUT2D eigenvalue weighted by Gasteiger charge is -2.17. The van der Waals surface area contributed by atoms with Crippen LogP contribution in [-0.4, -0.2) is 58.0 Å². The monoisotopic (exact) mass is 480 g/mol. The number of carbonyl (C=O) groups is 4. The second-order valence-corrected chi connectivity index (χ2v) is 6.49. The van der Waals surface area contributed by atoms with Gasteiger partial charge in [0, 0.05) is 5.56 Å². The second-order valence-electron chi connectivity index (χ2n) is 6.15. The SMILES string of the molecule is CCOC(=O)Oc1c(OC)cc(C(=O)c2ccc(OC)c(C(=O)C(=O)Cl)c2OC)cc1OC. The molecule has 2 aromatic carbocycles. The van der Waals surface area contributed by atoms with Crippen LogP contribution in [0.15, 0.2) is 24.3 Å². The Bertz CT molecular complexity index is 1070. The van der Waals surface area contributed by atoms with Gasteiger partial charge in [-0.1, -0.05) is 0 Å². The normalized spacial score (nSPS) is 10.1. The summed E-state index contributed by atoms with van der Waals surface area (Å²) in [5.74, 6) is -2.02. The number of benzene rings is 2. The van der Waals surface area contributed by atoms with Gasteiger partial charge in [-0.25, -0.2) is 4.79 Å². The molecule has 176 valence electrons. The van der Waals surface area contributed by atoms with Crippen molar-refractivity contribution in [3.63, 3.8) is 0 Å². The quantitative estimate of drug-likeness (QED) is 0.164. The van der Waals surface area contributed by atoms with Crippen molar-refractivity contribution in [1.29, 1.82) is 0 Å². The lowest BCUT2D eigenvalue weighted by molar-refractivity contribution is -0.108. The third-order valence-corrected chi connectivity index (χ3v) is 4.54. The summed E-state index contributed by atoms with van der Waals surface area (Å²) in [6, 6.07) is 5.29. The molecule has 0 spiro atoms. The van der Waals surface area contributed by atoms with Crippen molar-refractivity contribution in [2.75, 3.05) is 35.0 Å². The maximum Gasteiger partial charge on any atom is 0.514 e. The highest BCUT2D eigenvalue weighted by atomic mass is 35.5. The molecule has 0 bridgehead atoms. The molecule has 0 atom stereocenters. The van der Waals surface area contributed by atoms with Gasteiger partial charge < -0.3 is 28.4 Å². The summed E-state index contributed by atoms with van der Waals surface area (Å²) in [7, 11) is 5.11. The first-order valence-corrected chi connectivity index (χ1v) is 9.76. The molecule has 0 radical (unpaired) electrons. The largest absolute Gasteiger partial charge is 0.514 e. The highest BCUT2D eigenvalue weighted by Gasteiger charge is 2.29. The summed E-state index contributed by atoms with van der Waals surface area (Å²) in [5, 5.41) is -1.28. The van der Waals surface area contributed by atoms with E-state index in [1.807, 2.05) is 0 Å². The van der Waals surface area contributed by atoms with E-state index in [9.17, 15) is 19.2 Å². The highest BCUT2D eigenvalue weighted by Crippen LogP contribution is 2.41. The van der Waals surface area contributed by atoms with Gasteiger partial charge in [-0.2, -0.15) is 0 Å². The summed E-state index contributed by atoms with van der Waals surface area (Å²) in [5.41, 5.74) is -0.325. The number of Topliss-reactive ketones (excluding diaryl/α,β-unsaturated/α-hetero) is 1. The lowest BCUT2D eigenvalue weighted by Crippen LogP contribution is -2.15. The molecule has 11 heteroatoms. The van der Waals surface area contributed by atoms with Gasteiger partial charge >= 0.3 is 6.16 Å². The van der Waals surface area contributed by atoms with Gasteiger partial charge in [0.2, 0.25) is 5.75 Å². The Morgan fingerprint density at radius 1 is 0.818 bits per heavy atom. The number of rotatable bonds is 10. The number of methoxy groups -OCH3 is 4. The zero-order valence-electron chi connectivity index (χ0n) is 18.5. The van der Waals surface area contributed by atoms with E-state index in [-0.39, 0.29) is 52.0 Å². The predicted molar refractivity (Wildman–Crippen MR) is 115 cm³/mol. The molecule has 0 heterocycles. The number of carbonyl (C=O) groups excluding carboxylic acids is 4. The van der Waals surface area contributed by atoms with Gasteiger partial charge in [-0.05, 0) is 42.8 Å². The number of ether oxygens (including phenoxy) is 6. The van der Waals surface area contributed by atoms with Gasteiger partial charge in [0.1, 0.15) is 17.1 Å². The summed E-state index contributed by atoms with van der Waals surface area (Å²) < 4.78 is 30.8. The molecule has 0 saturated carbocycles. The average molecular weight is 481 g/mol. The third kappa shape index (κ3) is 5.35. The molecule has 10 nitrogen and oxygen atoms in total. The predicted octanol–water partition coefficient (Wildman–Crippen LogP) is 3.44. The fraction of sp³-hybridized carbons (Fsp3) is 0.273. The number of hydrogen-bond acceptors (Lipinski definition) is 10. The van der Waals surface area contributed by atoms with Crippen LogP contribution < -0.4 is 23.7 Å². The van der Waals surface area contributed by atoms with Crippen LogP contribution in [0.2, 0.25) is 0 Å². The standard InChI is InChI=1S/C22H21ClO10/c1-6-32-22(27)33-20-14(29-3)9-11(10-15(20)30-4)17(24)12-7-8-13(28-2)16(19(12)31-5)18(25)21(23)26/h7-10H,6H2,1-5H3. The second kappa shape index (κ2) is 11.2. The molecule has 0 unspecified atom stereocenters. The van der Waals surface area contributed by atoms with Crippen molar-refractivity contribution in [3.8, 4) is 28.7 Å². The van der Waals surface area contributed by atoms with Gasteiger partial charge in [0.05, 0.1) is 40.6 Å². The van der Waals surface area contributed by atoms with Crippen LogP contribution in [0.4, 0.5) is 4.79 Å². The molecule has 0 aliphatic carbocycles. The first-order chi connectivity index (χ1) is 15.7. The average Bonchev–Trinajstić information content (AvgIpc) is 2.81. The fourth-order valence-corrected chi connectivity index (χ4v) is 3.03. The Kier molecular flexibility index (Phi) is 8.63. The van der Waals surface area contributed by atoms with Crippen molar-refractivity contribution >= 4 is 34.6 Å². The first kappa shape index (κ1) is 25.5. The Labute approximate surface area is 194 Å². The number of hydrogen-bond donors (Lipinski definition) is 0. The van der Waals surface area contributed by atoms with E-state index in [4.69, 9.17) is 40.0 Å². The van der Waals surface area contributed by atoms with Crippen LogP contribution >= 0.6 is 11.6 Å². The van der Waals surface area contributed by atoms with Crippen LogP contribution in [0.1, 0.15) is 33.2 Å². The van der Waals surface area contributed by atoms with Crippen molar-refractivity contribution in [1.82, 2.24) is 0 Å². The van der Waals surface area contributed by atoms with Gasteiger partial charge in [-0.3, -0.25) is 14.4 Å². The molecule has 2 aromatic rings. The topological polar surface area (TPSA) is 124 Å². The van der Waals surface area contributed by atoms with Gasteiger partial charge in [-0.15, -0.1) is 0 Å². The van der Waals surface area contributed by atoms with Crippen molar-refractivity contribution < 1.29 is 47.6 Å². The van der Waals surface area contributed by atoms with E-state index in [0.717, 1.165) is 0 Å². The third-order valence-electron chi connectivity index (χ3n) is 4.36. The Balaban J connectivity index is 2.66. The molecule has 2 rings (SSSR count). The van der Waals surface area contributed by atoms with Crippen molar-refractivity contribution in [2.24, 2.45) is 0 Å². The number of ketones is 2. The maximum absolute atomic E-state index is 13.3. The minimum absolute atomic E-state index is 0.00394. The van der Waals surface area contributed by atoms with E-state index < -0.39 is 23.0 Å². The zero-order chi connectivity index (χ0) is 24.7. The van der Waals surface area contributed by atoms with E-state index in [0.29, 0.717) is 0 Å². The highest BCUT2D eigenvalue weighted by molar-refractivity contribution is 6.83. The van der Waals surface area contributed by atoms with Crippen molar-refractivity contribution in [3.05, 3.63) is 41.0 Å². The van der Waals surface area contributed by atoms with Gasteiger partial charge in [0.25, 0.3) is 11.0 Å². The summed E-state index contributed by atoms with van der Waals surface area (Å²) in [4.78, 5) is 49.0. The molecular formula is C22H21ClO10. The summed E-state index contributed by atoms with van der Waals surface area (Å²) >= 11 is 5.36. The Morgan fingerprint density at radius 3 is 1.85 bits per heavy atom. The smallest absolute Gasteiger partial charge is 0.496 e. The molecule has 0 aliphatic rings. The molecular weight excluding hydrogens is 460 g/mol. The van der Waals surface area contributed by atoms with E-state index in [1.54, 1.807) is 6.92 Å². The Hall–Kier alpha value is -3.79. The molecule has 0 aromatic heterocycles. The number of halogens is 1. The van der Waals surface area contributed by atoms with Crippen LogP contribution in [0.5, 0.6) is 28.7 Å². The fourth-order valence-electron chi connectivity index (χ4n) is 2.94. The summed E-state index contributed by atoms with van der Waals surface area (Å²) in [6.07, 6.45) is -0.987. The minimum Gasteiger partial charge on any atom is -0.496 e. The van der Waals surface area contributed by atoms with E-state index in [1.165, 1.54) is 52.7 Å². The van der Waals surface area contributed by atoms with Crippen LogP contribution in [0, 0.1) is 0 Å². The molecule has 0 aliphatic heterocycles. The van der Waals surface area contributed by atoms with Crippen molar-refractivity contribution in [2.45, 2.75) is 6.92 Å². The Morgan fingerprint density at radius 2 is 1.39 bits per heavy atom. The first-order valence-electron chi connectivity index (χ1n) is 9.38. The van der Waals surface area contributed by atoms with Crippen LogP contribution in [0.3, 0.4) is 0 Å². The van der Waals surface area contributed by atoms with Crippen LogP contribution in [-0.2, 0) is 9.53 Å². The molecule has 33 heavy (non-hydrogen) atoms. The maximum atomic E-state index is 13.3. The summed E-state index contributed by atoms with van der Waals surface area (Å²) in [6.45, 7) is 1.69. The van der Waals surface area contributed by atoms with Crippen LogP contribution in [0.25, 0.3) is 0 Å². The van der Waals surface area contributed by atoms with E-state index >= 15 is 0 Å². The zero-order valence-corrected chi connectivity index (χ0v) is 19.2. The molecule has 0 amide bonds.